The van der Waals surface area contributed by atoms with Crippen molar-refractivity contribution in [1.29, 1.82) is 0 Å². The number of carbonyl (C=O) groups is 3. The first-order chi connectivity index (χ1) is 17.9. The zero-order valence-corrected chi connectivity index (χ0v) is 20.2. The van der Waals surface area contributed by atoms with Crippen LogP contribution in [0.1, 0.15) is 21.5 Å². The number of β-lactam (4-membered cyclic amide) rings is 1. The molecule has 0 spiro atoms. The monoisotopic (exact) mass is 499 g/mol. The first-order valence-corrected chi connectivity index (χ1v) is 12.0. The summed E-state index contributed by atoms with van der Waals surface area (Å²) in [6.45, 7) is 1.54. The zero-order valence-electron chi connectivity index (χ0n) is 20.2. The molecule has 3 atom stereocenters. The van der Waals surface area contributed by atoms with Crippen molar-refractivity contribution >= 4 is 35.0 Å². The lowest BCUT2D eigenvalue weighted by atomic mass is 9.91. The lowest BCUT2D eigenvalue weighted by Gasteiger charge is -2.47. The van der Waals surface area contributed by atoms with Crippen LogP contribution in [-0.2, 0) is 9.59 Å². The van der Waals surface area contributed by atoms with Gasteiger partial charge >= 0.3 is 0 Å². The first-order valence-electron chi connectivity index (χ1n) is 12.0. The number of benzene rings is 3. The van der Waals surface area contributed by atoms with Gasteiger partial charge in [0.1, 0.15) is 11.9 Å². The van der Waals surface area contributed by atoms with Gasteiger partial charge in [-0.05, 0) is 42.8 Å². The summed E-state index contributed by atoms with van der Waals surface area (Å²) in [7, 11) is 0. The molecule has 2 aliphatic rings. The van der Waals surface area contributed by atoms with E-state index in [9.17, 15) is 23.9 Å². The molecule has 0 radical (unpaired) electrons. The van der Waals surface area contributed by atoms with Gasteiger partial charge in [-0.25, -0.2) is 4.39 Å². The van der Waals surface area contributed by atoms with Crippen molar-refractivity contribution in [3.05, 3.63) is 101 Å². The van der Waals surface area contributed by atoms with E-state index in [1.807, 2.05) is 73.7 Å². The number of aryl methyl sites for hydroxylation is 1. The Hall–Kier alpha value is -4.14. The molecular weight excluding hydrogens is 473 g/mol. The van der Waals surface area contributed by atoms with Crippen LogP contribution in [0.5, 0.6) is 0 Å². The van der Waals surface area contributed by atoms with E-state index in [4.69, 9.17) is 0 Å². The van der Waals surface area contributed by atoms with Crippen LogP contribution in [0.3, 0.4) is 0 Å². The number of nitrogens with one attached hydrogen (secondary N) is 1. The van der Waals surface area contributed by atoms with Crippen LogP contribution in [0.25, 0.3) is 6.08 Å². The topological polar surface area (TPSA) is 90.0 Å². The Morgan fingerprint density at radius 3 is 2.46 bits per heavy atom. The van der Waals surface area contributed by atoms with E-state index in [1.54, 1.807) is 4.90 Å². The minimum absolute atomic E-state index is 0.00405. The molecule has 0 aliphatic carbocycles. The second-order valence-electron chi connectivity index (χ2n) is 9.23. The summed E-state index contributed by atoms with van der Waals surface area (Å²) in [6, 6.07) is 19.3. The molecule has 8 heteroatoms. The number of aliphatic hydroxyl groups excluding tert-OH is 1. The minimum Gasteiger partial charge on any atom is -0.395 e. The second kappa shape index (κ2) is 10.1. The fourth-order valence-electron chi connectivity index (χ4n) is 4.75. The van der Waals surface area contributed by atoms with Crippen molar-refractivity contribution in [2.45, 2.75) is 25.0 Å². The second-order valence-corrected chi connectivity index (χ2v) is 9.23. The van der Waals surface area contributed by atoms with Gasteiger partial charge < -0.3 is 14.9 Å². The van der Waals surface area contributed by atoms with Crippen LogP contribution in [0.4, 0.5) is 15.8 Å². The number of rotatable bonds is 8. The molecule has 1 saturated heterocycles. The van der Waals surface area contributed by atoms with E-state index in [0.29, 0.717) is 5.69 Å². The van der Waals surface area contributed by atoms with Crippen LogP contribution < -0.4 is 15.1 Å². The van der Waals surface area contributed by atoms with Crippen LogP contribution in [-0.4, -0.2) is 54.0 Å². The summed E-state index contributed by atoms with van der Waals surface area (Å²) < 4.78 is 13.6. The Bertz CT molecular complexity index is 1370. The summed E-state index contributed by atoms with van der Waals surface area (Å²) in [4.78, 5) is 41.2. The van der Waals surface area contributed by atoms with E-state index in [0.717, 1.165) is 22.9 Å². The third-order valence-electron chi connectivity index (χ3n) is 6.71. The molecule has 3 aromatic rings. The molecule has 2 N–H and O–H groups in total. The molecule has 0 bridgehead atoms. The van der Waals surface area contributed by atoms with E-state index in [1.165, 1.54) is 17.0 Å². The SMILES string of the molecule is Cc1ccc(N2C(=O)[C@H](NC(CO)CN3C(=O)C(=O)c4cc(F)ccc43)[C@@H]2/C=C/c2ccccc2)cc1. The summed E-state index contributed by atoms with van der Waals surface area (Å²) in [5.41, 5.74) is 3.10. The van der Waals surface area contributed by atoms with Gasteiger partial charge in [0.05, 0.1) is 23.9 Å². The number of amides is 2. The highest BCUT2D eigenvalue weighted by Crippen LogP contribution is 2.32. The molecule has 1 fully saturated rings. The Morgan fingerprint density at radius 2 is 1.76 bits per heavy atom. The van der Waals surface area contributed by atoms with Crippen molar-refractivity contribution in [2.24, 2.45) is 0 Å². The Kier molecular flexibility index (Phi) is 6.69. The number of carbonyl (C=O) groups excluding carboxylic acids is 3. The Labute approximate surface area is 213 Å². The molecule has 2 aliphatic heterocycles. The van der Waals surface area contributed by atoms with E-state index in [-0.39, 0.29) is 30.7 Å². The third kappa shape index (κ3) is 4.69. The summed E-state index contributed by atoms with van der Waals surface area (Å²) in [5, 5.41) is 13.3. The standard InChI is InChI=1S/C29H26FN3O4/c1-18-7-11-22(12-8-18)33-25(13-9-19-5-3-2-4-6-19)26(28(33)36)31-21(17-34)16-32-24-14-10-20(30)15-23(24)27(35)29(32)37/h2-15,21,25-26,31,34H,16-17H2,1H3/b13-9+/t21?,25-,26+/m0/s1. The zero-order chi connectivity index (χ0) is 26.1. The number of anilines is 2. The Balaban J connectivity index is 1.38. The van der Waals surface area contributed by atoms with Gasteiger partial charge in [-0.1, -0.05) is 60.2 Å². The maximum absolute atomic E-state index is 13.6. The summed E-state index contributed by atoms with van der Waals surface area (Å²) >= 11 is 0. The van der Waals surface area contributed by atoms with E-state index in [2.05, 4.69) is 5.32 Å². The maximum Gasteiger partial charge on any atom is 0.299 e. The van der Waals surface area contributed by atoms with Crippen molar-refractivity contribution in [3.63, 3.8) is 0 Å². The fraction of sp³-hybridized carbons (Fsp3) is 0.207. The molecule has 0 aromatic heterocycles. The first kappa shape index (κ1) is 24.5. The van der Waals surface area contributed by atoms with E-state index >= 15 is 0 Å². The Morgan fingerprint density at radius 1 is 1.03 bits per heavy atom. The molecule has 1 unspecified atom stereocenters. The minimum atomic E-state index is -0.792. The highest BCUT2D eigenvalue weighted by atomic mass is 19.1. The van der Waals surface area contributed by atoms with Gasteiger partial charge in [0.25, 0.3) is 11.7 Å². The van der Waals surface area contributed by atoms with Crippen LogP contribution in [0.15, 0.2) is 78.9 Å². The van der Waals surface area contributed by atoms with Gasteiger partial charge in [-0.2, -0.15) is 0 Å². The van der Waals surface area contributed by atoms with Gasteiger partial charge in [0.15, 0.2) is 0 Å². The maximum atomic E-state index is 13.6. The lowest BCUT2D eigenvalue weighted by Crippen LogP contribution is -2.72. The molecular formula is C29H26FN3O4. The number of nitrogens with zero attached hydrogens (tertiary/aromatic N) is 2. The average Bonchev–Trinajstić information content (AvgIpc) is 3.14. The predicted molar refractivity (Wildman–Crippen MR) is 139 cm³/mol. The number of fused-ring (bicyclic) bond motifs is 1. The van der Waals surface area contributed by atoms with E-state index < -0.39 is 29.6 Å². The van der Waals surface area contributed by atoms with Crippen molar-refractivity contribution < 1.29 is 23.9 Å². The average molecular weight is 500 g/mol. The summed E-state index contributed by atoms with van der Waals surface area (Å²) in [5.74, 6) is -2.36. The number of Topliss-reactive ketones (excluding diaryl/α,β-unsaturated/α-hetero) is 1. The highest BCUT2D eigenvalue weighted by molar-refractivity contribution is 6.52. The molecule has 0 saturated carbocycles. The number of hydrogen-bond acceptors (Lipinski definition) is 5. The highest BCUT2D eigenvalue weighted by Gasteiger charge is 2.48. The van der Waals surface area contributed by atoms with Gasteiger partial charge in [0.2, 0.25) is 5.91 Å². The van der Waals surface area contributed by atoms with Crippen molar-refractivity contribution in [2.75, 3.05) is 23.0 Å². The van der Waals surface area contributed by atoms with Gasteiger partial charge in [-0.3, -0.25) is 19.7 Å². The number of hydrogen-bond donors (Lipinski definition) is 2. The third-order valence-corrected chi connectivity index (χ3v) is 6.71. The summed E-state index contributed by atoms with van der Waals surface area (Å²) in [6.07, 6.45) is 3.87. The van der Waals surface area contributed by atoms with Crippen molar-refractivity contribution in [1.82, 2.24) is 5.32 Å². The van der Waals surface area contributed by atoms with Gasteiger partial charge in [-0.15, -0.1) is 0 Å². The van der Waals surface area contributed by atoms with Crippen LogP contribution in [0, 0.1) is 12.7 Å². The molecule has 188 valence electrons. The van der Waals surface area contributed by atoms with Crippen molar-refractivity contribution in [3.8, 4) is 0 Å². The number of aliphatic hydroxyl groups is 1. The number of halogens is 1. The fourth-order valence-corrected chi connectivity index (χ4v) is 4.75. The molecule has 2 amide bonds. The molecule has 2 heterocycles. The smallest absolute Gasteiger partial charge is 0.299 e. The largest absolute Gasteiger partial charge is 0.395 e. The quantitative estimate of drug-likeness (QED) is 0.367. The normalized spacial score (nSPS) is 19.9. The van der Waals surface area contributed by atoms with Crippen LogP contribution >= 0.6 is 0 Å². The number of ketones is 1. The molecule has 37 heavy (non-hydrogen) atoms. The molecule has 7 nitrogen and oxygen atoms in total. The molecule has 5 rings (SSSR count). The van der Waals surface area contributed by atoms with Gasteiger partial charge in [0, 0.05) is 18.3 Å². The lowest BCUT2D eigenvalue weighted by molar-refractivity contribution is -0.126. The predicted octanol–water partition coefficient (Wildman–Crippen LogP) is 3.11. The molecule has 3 aromatic carbocycles. The van der Waals surface area contributed by atoms with Crippen LogP contribution in [0.2, 0.25) is 0 Å².